The number of carbonyl (C=O) groups excluding carboxylic acids is 1. The number of carboxylic acid groups (broad SMARTS) is 1. The fraction of sp³-hybridized carbons (Fsp3) is 0.500. The molecule has 0 heterocycles. The molecule has 0 spiro atoms. The van der Waals surface area contributed by atoms with Crippen molar-refractivity contribution in [2.24, 2.45) is 17.8 Å². The number of carboxylic acids is 1. The first-order valence-corrected chi connectivity index (χ1v) is 10.6. The van der Waals surface area contributed by atoms with Crippen LogP contribution in [-0.4, -0.2) is 34.7 Å². The van der Waals surface area contributed by atoms with Gasteiger partial charge in [0.1, 0.15) is 5.75 Å². The lowest BCUT2D eigenvalue weighted by Gasteiger charge is -2.19. The normalized spacial score (nSPS) is 23.8. The van der Waals surface area contributed by atoms with Crippen LogP contribution >= 0.6 is 0 Å². The van der Waals surface area contributed by atoms with Gasteiger partial charge in [-0.05, 0) is 61.8 Å². The first-order valence-electron chi connectivity index (χ1n) is 10.6. The monoisotopic (exact) mass is 454 g/mol. The maximum absolute atomic E-state index is 12.8. The van der Waals surface area contributed by atoms with E-state index in [4.69, 9.17) is 9.84 Å². The van der Waals surface area contributed by atoms with Crippen molar-refractivity contribution in [3.8, 4) is 5.75 Å². The summed E-state index contributed by atoms with van der Waals surface area (Å²) in [5, 5.41) is 19.0. The van der Waals surface area contributed by atoms with Crippen molar-refractivity contribution in [2.75, 3.05) is 6.61 Å². The summed E-state index contributed by atoms with van der Waals surface area (Å²) in [6.07, 6.45) is 4.52. The fourth-order valence-electron chi connectivity index (χ4n) is 3.96. The number of hydrogen-bond donors (Lipinski definition) is 2. The average molecular weight is 454 g/mol. The summed E-state index contributed by atoms with van der Waals surface area (Å²) in [4.78, 5) is 22.7. The lowest BCUT2D eigenvalue weighted by Crippen LogP contribution is -2.18. The highest BCUT2D eigenvalue weighted by atomic mass is 19.4. The molecule has 1 aliphatic carbocycles. The van der Waals surface area contributed by atoms with Gasteiger partial charge in [0.2, 0.25) is 0 Å². The van der Waals surface area contributed by atoms with Gasteiger partial charge in [0.25, 0.3) is 0 Å². The zero-order valence-corrected chi connectivity index (χ0v) is 17.9. The summed E-state index contributed by atoms with van der Waals surface area (Å²) in [6, 6.07) is 4.35. The highest BCUT2D eigenvalue weighted by Gasteiger charge is 2.37. The van der Waals surface area contributed by atoms with E-state index in [0.29, 0.717) is 25.7 Å². The van der Waals surface area contributed by atoms with Gasteiger partial charge in [-0.3, -0.25) is 9.59 Å². The van der Waals surface area contributed by atoms with Crippen LogP contribution in [-0.2, 0) is 15.8 Å². The Balaban J connectivity index is 1.88. The molecule has 1 aliphatic rings. The zero-order valence-electron chi connectivity index (χ0n) is 17.9. The van der Waals surface area contributed by atoms with Gasteiger partial charge < -0.3 is 14.9 Å². The molecule has 1 aromatic carbocycles. The zero-order chi connectivity index (χ0) is 23.7. The van der Waals surface area contributed by atoms with Crippen molar-refractivity contribution in [3.63, 3.8) is 0 Å². The SMILES string of the molecule is C[C@H]1C[C@@H](O)[C@H](/C=C/C(=O)COc2cccc(C(F)(F)F)c2)[C@H]1C/C=C\CCCC(=O)O. The van der Waals surface area contributed by atoms with Gasteiger partial charge in [0, 0.05) is 12.3 Å². The number of alkyl halides is 3. The molecule has 0 unspecified atom stereocenters. The van der Waals surface area contributed by atoms with Crippen LogP contribution in [0.5, 0.6) is 5.75 Å². The van der Waals surface area contributed by atoms with Gasteiger partial charge in [-0.1, -0.05) is 31.2 Å². The number of halogens is 3. The number of unbranched alkanes of at least 4 members (excludes halogenated alkanes) is 1. The molecule has 0 amide bonds. The second kappa shape index (κ2) is 11.9. The Morgan fingerprint density at radius 2 is 2.00 bits per heavy atom. The first-order chi connectivity index (χ1) is 15.1. The standard InChI is InChI=1S/C24H29F3O5/c1-16-13-22(29)21(20(16)9-4-2-3-5-10-23(30)31)12-11-18(28)15-32-19-8-6-7-17(14-19)24(25,26)27/h2,4,6-8,11-12,14,16,20-22,29H,3,5,9-10,13,15H2,1H3,(H,30,31)/b4-2-,12-11+/t16-,20-,21+,22+/m0/s1. The summed E-state index contributed by atoms with van der Waals surface area (Å²) in [5.41, 5.74) is -0.847. The Bertz CT molecular complexity index is 831. The number of allylic oxidation sites excluding steroid dienone is 2. The molecule has 0 aliphatic heterocycles. The van der Waals surface area contributed by atoms with E-state index in [0.717, 1.165) is 12.1 Å². The van der Waals surface area contributed by atoms with Crippen molar-refractivity contribution in [1.82, 2.24) is 0 Å². The molecular weight excluding hydrogens is 425 g/mol. The van der Waals surface area contributed by atoms with Crippen LogP contribution in [0.15, 0.2) is 48.6 Å². The van der Waals surface area contributed by atoms with Crippen LogP contribution in [0.2, 0.25) is 0 Å². The minimum Gasteiger partial charge on any atom is -0.485 e. The van der Waals surface area contributed by atoms with E-state index < -0.39 is 36.2 Å². The third-order valence-corrected chi connectivity index (χ3v) is 5.67. The smallest absolute Gasteiger partial charge is 0.416 e. The third-order valence-electron chi connectivity index (χ3n) is 5.67. The molecule has 5 nitrogen and oxygen atoms in total. The minimum absolute atomic E-state index is 0.0398. The summed E-state index contributed by atoms with van der Waals surface area (Å²) < 4.78 is 43.5. The molecule has 2 N–H and O–H groups in total. The van der Waals surface area contributed by atoms with Gasteiger partial charge in [-0.15, -0.1) is 0 Å². The Hall–Kier alpha value is -2.61. The molecule has 1 saturated carbocycles. The van der Waals surface area contributed by atoms with E-state index in [1.807, 2.05) is 19.1 Å². The molecule has 4 atom stereocenters. The van der Waals surface area contributed by atoms with Crippen molar-refractivity contribution in [1.29, 1.82) is 0 Å². The molecule has 0 bridgehead atoms. The van der Waals surface area contributed by atoms with Crippen LogP contribution in [0.1, 0.15) is 44.6 Å². The fourth-order valence-corrected chi connectivity index (χ4v) is 3.96. The lowest BCUT2D eigenvalue weighted by atomic mass is 9.86. The predicted molar refractivity (Wildman–Crippen MR) is 113 cm³/mol. The molecule has 0 radical (unpaired) electrons. The third kappa shape index (κ3) is 8.15. The molecular formula is C24H29F3O5. The second-order valence-electron chi connectivity index (χ2n) is 8.15. The maximum atomic E-state index is 12.8. The van der Waals surface area contributed by atoms with Crippen LogP contribution in [0.4, 0.5) is 13.2 Å². The largest absolute Gasteiger partial charge is 0.485 e. The number of rotatable bonds is 11. The molecule has 0 aromatic heterocycles. The van der Waals surface area contributed by atoms with E-state index >= 15 is 0 Å². The molecule has 32 heavy (non-hydrogen) atoms. The molecule has 1 aromatic rings. The highest BCUT2D eigenvalue weighted by Crippen LogP contribution is 2.40. The number of benzene rings is 1. The number of aliphatic hydroxyl groups is 1. The number of carbonyl (C=O) groups is 2. The van der Waals surface area contributed by atoms with Gasteiger partial charge in [-0.2, -0.15) is 13.2 Å². The molecule has 0 saturated heterocycles. The predicted octanol–water partition coefficient (Wildman–Crippen LogP) is 5.04. The Kier molecular flexibility index (Phi) is 9.50. The summed E-state index contributed by atoms with van der Waals surface area (Å²) in [7, 11) is 0. The topological polar surface area (TPSA) is 83.8 Å². The summed E-state index contributed by atoms with van der Waals surface area (Å²) in [6.45, 7) is 1.64. The van der Waals surface area contributed by atoms with E-state index in [9.17, 15) is 27.9 Å². The molecule has 2 rings (SSSR count). The Morgan fingerprint density at radius 1 is 1.25 bits per heavy atom. The van der Waals surface area contributed by atoms with Crippen LogP contribution < -0.4 is 4.74 Å². The number of aliphatic carboxylic acids is 1. The number of aliphatic hydroxyl groups excluding tert-OH is 1. The van der Waals surface area contributed by atoms with Crippen molar-refractivity contribution in [2.45, 2.75) is 51.3 Å². The highest BCUT2D eigenvalue weighted by molar-refractivity contribution is 5.91. The van der Waals surface area contributed by atoms with Gasteiger partial charge in [-0.25, -0.2) is 0 Å². The van der Waals surface area contributed by atoms with Crippen LogP contribution in [0, 0.1) is 17.8 Å². The summed E-state index contributed by atoms with van der Waals surface area (Å²) >= 11 is 0. The van der Waals surface area contributed by atoms with Gasteiger partial charge in [0.15, 0.2) is 12.4 Å². The van der Waals surface area contributed by atoms with Gasteiger partial charge in [0.05, 0.1) is 11.7 Å². The minimum atomic E-state index is -4.49. The van der Waals surface area contributed by atoms with E-state index in [2.05, 4.69) is 0 Å². The van der Waals surface area contributed by atoms with E-state index in [-0.39, 0.29) is 29.9 Å². The molecule has 8 heteroatoms. The molecule has 176 valence electrons. The maximum Gasteiger partial charge on any atom is 0.416 e. The van der Waals surface area contributed by atoms with Crippen molar-refractivity contribution >= 4 is 11.8 Å². The average Bonchev–Trinajstić information content (AvgIpc) is 2.99. The van der Waals surface area contributed by atoms with Crippen LogP contribution in [0.25, 0.3) is 0 Å². The van der Waals surface area contributed by atoms with Crippen LogP contribution in [0.3, 0.4) is 0 Å². The van der Waals surface area contributed by atoms with Crippen molar-refractivity contribution in [3.05, 3.63) is 54.1 Å². The van der Waals surface area contributed by atoms with Crippen molar-refractivity contribution < 1.29 is 37.7 Å². The number of hydrogen-bond acceptors (Lipinski definition) is 4. The Morgan fingerprint density at radius 3 is 2.69 bits per heavy atom. The number of ether oxygens (including phenoxy) is 1. The molecule has 1 fully saturated rings. The number of ketones is 1. The van der Waals surface area contributed by atoms with E-state index in [1.54, 1.807) is 6.08 Å². The quantitative estimate of drug-likeness (QED) is 0.278. The Labute approximate surface area is 185 Å². The van der Waals surface area contributed by atoms with Gasteiger partial charge >= 0.3 is 12.1 Å². The van der Waals surface area contributed by atoms with E-state index in [1.165, 1.54) is 18.2 Å². The second-order valence-corrected chi connectivity index (χ2v) is 8.15. The summed E-state index contributed by atoms with van der Waals surface area (Å²) in [5.74, 6) is -1.10. The lowest BCUT2D eigenvalue weighted by molar-refractivity contribution is -0.138. The first kappa shape index (κ1) is 25.6.